The van der Waals surface area contributed by atoms with Crippen LogP contribution in [0.25, 0.3) is 0 Å². The number of aliphatic hydroxyl groups excluding tert-OH is 1. The first-order valence-corrected chi connectivity index (χ1v) is 7.15. The van der Waals surface area contributed by atoms with Crippen molar-refractivity contribution in [2.75, 3.05) is 20.8 Å². The standard InChI is InChI=1S/C18H22O3/c1-20-16-7-5-6-14(13-16)12-15(10-11-19)17-8-3-4-9-18(17)21-2/h3-9,13,15,19H,10-12H2,1-2H3. The molecule has 0 aliphatic carbocycles. The highest BCUT2D eigenvalue weighted by atomic mass is 16.5. The van der Waals surface area contributed by atoms with E-state index in [1.807, 2.05) is 36.4 Å². The summed E-state index contributed by atoms with van der Waals surface area (Å²) in [5, 5.41) is 9.37. The van der Waals surface area contributed by atoms with Gasteiger partial charge in [-0.25, -0.2) is 0 Å². The SMILES string of the molecule is COc1cccc(CC(CCO)c2ccccc2OC)c1. The largest absolute Gasteiger partial charge is 0.497 e. The van der Waals surface area contributed by atoms with E-state index in [2.05, 4.69) is 12.1 Å². The molecule has 0 aromatic heterocycles. The summed E-state index contributed by atoms with van der Waals surface area (Å²) >= 11 is 0. The molecule has 112 valence electrons. The first-order valence-electron chi connectivity index (χ1n) is 7.15. The van der Waals surface area contributed by atoms with Crippen LogP contribution >= 0.6 is 0 Å². The minimum atomic E-state index is 0.159. The number of para-hydroxylation sites is 1. The van der Waals surface area contributed by atoms with Crippen LogP contribution in [0.3, 0.4) is 0 Å². The fourth-order valence-corrected chi connectivity index (χ4v) is 2.61. The Morgan fingerprint density at radius 3 is 2.52 bits per heavy atom. The van der Waals surface area contributed by atoms with Crippen molar-refractivity contribution in [3.8, 4) is 11.5 Å². The first kappa shape index (κ1) is 15.4. The van der Waals surface area contributed by atoms with Crippen LogP contribution < -0.4 is 9.47 Å². The summed E-state index contributed by atoms with van der Waals surface area (Å²) in [7, 11) is 3.35. The van der Waals surface area contributed by atoms with Crippen molar-refractivity contribution < 1.29 is 14.6 Å². The lowest BCUT2D eigenvalue weighted by atomic mass is 9.89. The summed E-state index contributed by atoms with van der Waals surface area (Å²) in [4.78, 5) is 0. The van der Waals surface area contributed by atoms with Gasteiger partial charge in [-0.15, -0.1) is 0 Å². The highest BCUT2D eigenvalue weighted by molar-refractivity contribution is 5.38. The van der Waals surface area contributed by atoms with E-state index in [0.29, 0.717) is 6.42 Å². The van der Waals surface area contributed by atoms with Gasteiger partial charge in [-0.3, -0.25) is 0 Å². The molecule has 0 saturated heterocycles. The van der Waals surface area contributed by atoms with Gasteiger partial charge < -0.3 is 14.6 Å². The van der Waals surface area contributed by atoms with Crippen molar-refractivity contribution in [3.63, 3.8) is 0 Å². The predicted molar refractivity (Wildman–Crippen MR) is 84.1 cm³/mol. The molecular weight excluding hydrogens is 264 g/mol. The zero-order valence-corrected chi connectivity index (χ0v) is 12.6. The Morgan fingerprint density at radius 1 is 1.00 bits per heavy atom. The first-order chi connectivity index (χ1) is 10.3. The molecule has 1 atom stereocenters. The molecule has 0 aliphatic heterocycles. The normalized spacial score (nSPS) is 12.0. The summed E-state index contributed by atoms with van der Waals surface area (Å²) in [5.41, 5.74) is 2.33. The van der Waals surface area contributed by atoms with E-state index < -0.39 is 0 Å². The molecule has 0 aliphatic rings. The van der Waals surface area contributed by atoms with Gasteiger partial charge in [0.15, 0.2) is 0 Å². The van der Waals surface area contributed by atoms with E-state index in [4.69, 9.17) is 9.47 Å². The van der Waals surface area contributed by atoms with Crippen LogP contribution in [-0.2, 0) is 6.42 Å². The molecule has 1 unspecified atom stereocenters. The molecule has 0 spiro atoms. The smallest absolute Gasteiger partial charge is 0.122 e. The van der Waals surface area contributed by atoms with Gasteiger partial charge in [-0.1, -0.05) is 30.3 Å². The van der Waals surface area contributed by atoms with Crippen LogP contribution in [-0.4, -0.2) is 25.9 Å². The molecule has 2 rings (SSSR count). The van der Waals surface area contributed by atoms with E-state index >= 15 is 0 Å². The highest BCUT2D eigenvalue weighted by Crippen LogP contribution is 2.32. The Labute approximate surface area is 126 Å². The number of ether oxygens (including phenoxy) is 2. The zero-order valence-electron chi connectivity index (χ0n) is 12.6. The predicted octanol–water partition coefficient (Wildman–Crippen LogP) is 3.41. The lowest BCUT2D eigenvalue weighted by Crippen LogP contribution is -2.07. The van der Waals surface area contributed by atoms with Gasteiger partial charge in [0.25, 0.3) is 0 Å². The summed E-state index contributed by atoms with van der Waals surface area (Å²) < 4.78 is 10.7. The highest BCUT2D eigenvalue weighted by Gasteiger charge is 2.16. The van der Waals surface area contributed by atoms with Crippen molar-refractivity contribution in [2.24, 2.45) is 0 Å². The van der Waals surface area contributed by atoms with Crippen molar-refractivity contribution in [1.82, 2.24) is 0 Å². The Hall–Kier alpha value is -2.00. The van der Waals surface area contributed by atoms with Crippen molar-refractivity contribution in [2.45, 2.75) is 18.8 Å². The van der Waals surface area contributed by atoms with Gasteiger partial charge in [0.2, 0.25) is 0 Å². The summed E-state index contributed by atoms with van der Waals surface area (Å²) in [6.07, 6.45) is 1.55. The molecule has 0 saturated carbocycles. The Bertz CT molecular complexity index is 566. The zero-order chi connectivity index (χ0) is 15.1. The molecule has 0 amide bonds. The molecule has 0 fully saturated rings. The fraction of sp³-hybridized carbons (Fsp3) is 0.333. The number of hydrogen-bond donors (Lipinski definition) is 1. The Kier molecular flexibility index (Phi) is 5.64. The second-order valence-electron chi connectivity index (χ2n) is 5.01. The molecule has 3 nitrogen and oxygen atoms in total. The van der Waals surface area contributed by atoms with Crippen LogP contribution in [0, 0.1) is 0 Å². The van der Waals surface area contributed by atoms with Crippen LogP contribution in [0.2, 0.25) is 0 Å². The monoisotopic (exact) mass is 286 g/mol. The van der Waals surface area contributed by atoms with E-state index in [1.54, 1.807) is 14.2 Å². The van der Waals surface area contributed by atoms with Gasteiger partial charge in [-0.2, -0.15) is 0 Å². The van der Waals surface area contributed by atoms with Gasteiger partial charge in [0.05, 0.1) is 14.2 Å². The third-order valence-corrected chi connectivity index (χ3v) is 3.67. The van der Waals surface area contributed by atoms with Crippen LogP contribution in [0.1, 0.15) is 23.5 Å². The minimum absolute atomic E-state index is 0.159. The van der Waals surface area contributed by atoms with E-state index in [0.717, 1.165) is 23.5 Å². The van der Waals surface area contributed by atoms with Crippen molar-refractivity contribution >= 4 is 0 Å². The van der Waals surface area contributed by atoms with E-state index in [-0.39, 0.29) is 12.5 Å². The van der Waals surface area contributed by atoms with Crippen LogP contribution in [0.4, 0.5) is 0 Å². The maximum absolute atomic E-state index is 9.37. The summed E-state index contributed by atoms with van der Waals surface area (Å²) in [6, 6.07) is 16.1. The number of aliphatic hydroxyl groups is 1. The van der Waals surface area contributed by atoms with Crippen molar-refractivity contribution in [3.05, 3.63) is 59.7 Å². The van der Waals surface area contributed by atoms with Gasteiger partial charge in [0.1, 0.15) is 11.5 Å². The van der Waals surface area contributed by atoms with E-state index in [1.165, 1.54) is 5.56 Å². The average Bonchev–Trinajstić information content (AvgIpc) is 2.54. The minimum Gasteiger partial charge on any atom is -0.497 e. The average molecular weight is 286 g/mol. The lowest BCUT2D eigenvalue weighted by molar-refractivity contribution is 0.273. The second-order valence-corrected chi connectivity index (χ2v) is 5.01. The van der Waals surface area contributed by atoms with Gasteiger partial charge >= 0.3 is 0 Å². The number of benzene rings is 2. The molecule has 3 heteroatoms. The number of hydrogen-bond acceptors (Lipinski definition) is 3. The Morgan fingerprint density at radius 2 is 1.81 bits per heavy atom. The topological polar surface area (TPSA) is 38.7 Å². The van der Waals surface area contributed by atoms with Gasteiger partial charge in [-0.05, 0) is 48.1 Å². The van der Waals surface area contributed by atoms with Gasteiger partial charge in [0, 0.05) is 6.61 Å². The maximum atomic E-state index is 9.37. The molecule has 2 aromatic carbocycles. The molecule has 2 aromatic rings. The molecule has 0 heterocycles. The third kappa shape index (κ3) is 3.99. The summed E-state index contributed by atoms with van der Waals surface area (Å²) in [6.45, 7) is 0.159. The molecule has 0 bridgehead atoms. The number of methoxy groups -OCH3 is 2. The molecular formula is C18H22O3. The fourth-order valence-electron chi connectivity index (χ4n) is 2.61. The third-order valence-electron chi connectivity index (χ3n) is 3.67. The lowest BCUT2D eigenvalue weighted by Gasteiger charge is -2.19. The van der Waals surface area contributed by atoms with E-state index in [9.17, 15) is 5.11 Å². The molecule has 1 N–H and O–H groups in total. The number of rotatable bonds is 7. The van der Waals surface area contributed by atoms with Crippen molar-refractivity contribution in [1.29, 1.82) is 0 Å². The second kappa shape index (κ2) is 7.70. The quantitative estimate of drug-likeness (QED) is 0.847. The summed E-state index contributed by atoms with van der Waals surface area (Å²) in [5.74, 6) is 1.95. The molecule has 0 radical (unpaired) electrons. The molecule has 21 heavy (non-hydrogen) atoms. The van der Waals surface area contributed by atoms with Crippen LogP contribution in [0.5, 0.6) is 11.5 Å². The Balaban J connectivity index is 2.26. The van der Waals surface area contributed by atoms with Crippen LogP contribution in [0.15, 0.2) is 48.5 Å². The maximum Gasteiger partial charge on any atom is 0.122 e.